The van der Waals surface area contributed by atoms with Gasteiger partial charge in [-0.05, 0) is 44.8 Å². The van der Waals surface area contributed by atoms with Crippen molar-refractivity contribution in [3.05, 3.63) is 0 Å². The van der Waals surface area contributed by atoms with Crippen LogP contribution in [0, 0.1) is 11.8 Å². The molecule has 194 valence electrons. The van der Waals surface area contributed by atoms with E-state index in [0.717, 1.165) is 11.8 Å². The number of hydrogen-bond donors (Lipinski definition) is 0. The first-order valence-corrected chi connectivity index (χ1v) is 15.2. The second-order valence-electron chi connectivity index (χ2n) is 11.7. The lowest BCUT2D eigenvalue weighted by Crippen LogP contribution is -2.20. The van der Waals surface area contributed by atoms with Crippen molar-refractivity contribution in [2.45, 2.75) is 169 Å². The molecule has 0 rings (SSSR count). The maximum absolute atomic E-state index is 2.58. The van der Waals surface area contributed by atoms with Crippen LogP contribution in [0.5, 0.6) is 0 Å². The summed E-state index contributed by atoms with van der Waals surface area (Å²) in [6.07, 6.45) is 32.0. The molecule has 0 saturated heterocycles. The van der Waals surface area contributed by atoms with Gasteiger partial charge in [-0.1, -0.05) is 156 Å². The molecule has 0 aliphatic carbocycles. The average Bonchev–Trinajstić information content (AvgIpc) is 2.74. The van der Waals surface area contributed by atoms with E-state index < -0.39 is 0 Å². The van der Waals surface area contributed by atoms with Crippen molar-refractivity contribution in [3.63, 3.8) is 0 Å². The predicted octanol–water partition coefficient (Wildman–Crippen LogP) is 10.8. The van der Waals surface area contributed by atoms with Crippen molar-refractivity contribution in [3.8, 4) is 0 Å². The summed E-state index contributed by atoms with van der Waals surface area (Å²) >= 11 is 0. The fraction of sp³-hybridized carbons (Fsp3) is 1.00. The van der Waals surface area contributed by atoms with Gasteiger partial charge in [0.05, 0.1) is 0 Å². The van der Waals surface area contributed by atoms with Crippen molar-refractivity contribution in [1.82, 2.24) is 4.90 Å². The van der Waals surface area contributed by atoms with Crippen LogP contribution in [0.15, 0.2) is 0 Å². The highest BCUT2D eigenvalue weighted by Crippen LogP contribution is 2.15. The zero-order valence-corrected chi connectivity index (χ0v) is 23.6. The number of nitrogens with zero attached hydrogens (tertiary/aromatic N) is 1. The van der Waals surface area contributed by atoms with Crippen LogP contribution >= 0.6 is 0 Å². The van der Waals surface area contributed by atoms with E-state index in [2.05, 4.69) is 39.6 Å². The molecule has 0 N–H and O–H groups in total. The van der Waals surface area contributed by atoms with Crippen LogP contribution in [0.3, 0.4) is 0 Å². The first kappa shape index (κ1) is 32.0. The molecule has 1 heteroatoms. The van der Waals surface area contributed by atoms with Crippen molar-refractivity contribution in [1.29, 1.82) is 0 Å². The molecule has 32 heavy (non-hydrogen) atoms. The molecule has 0 atom stereocenters. The predicted molar refractivity (Wildman–Crippen MR) is 149 cm³/mol. The van der Waals surface area contributed by atoms with Crippen molar-refractivity contribution < 1.29 is 0 Å². The van der Waals surface area contributed by atoms with Crippen molar-refractivity contribution in [2.24, 2.45) is 11.8 Å². The smallest absolute Gasteiger partial charge is 0.00218 e. The van der Waals surface area contributed by atoms with Gasteiger partial charge in [-0.2, -0.15) is 0 Å². The van der Waals surface area contributed by atoms with Crippen molar-refractivity contribution in [2.75, 3.05) is 20.1 Å². The summed E-state index contributed by atoms with van der Waals surface area (Å²) in [6, 6.07) is 0. The summed E-state index contributed by atoms with van der Waals surface area (Å²) in [5, 5.41) is 0. The Morgan fingerprint density at radius 3 is 0.812 bits per heavy atom. The van der Waals surface area contributed by atoms with Crippen LogP contribution in [0.1, 0.15) is 169 Å². The molecule has 0 aliphatic rings. The standard InChI is InChI=1S/C31H65N/c1-30(2)26-22-18-14-10-6-8-12-16-20-24-28-32(5)29-25-21-17-13-9-7-11-15-19-23-27-31(3)4/h30-31H,6-29H2,1-5H3. The van der Waals surface area contributed by atoms with E-state index in [4.69, 9.17) is 0 Å². The normalized spacial score (nSPS) is 12.0. The van der Waals surface area contributed by atoms with Gasteiger partial charge in [0.25, 0.3) is 0 Å². The van der Waals surface area contributed by atoms with E-state index in [-0.39, 0.29) is 0 Å². The van der Waals surface area contributed by atoms with Gasteiger partial charge in [-0.3, -0.25) is 0 Å². The largest absolute Gasteiger partial charge is 0.306 e. The topological polar surface area (TPSA) is 3.24 Å². The SMILES string of the molecule is CC(C)CCCCCCCCCCCCN(C)CCCCCCCCCCCCC(C)C. The van der Waals surface area contributed by atoms with Gasteiger partial charge >= 0.3 is 0 Å². The summed E-state index contributed by atoms with van der Waals surface area (Å²) in [6.45, 7) is 12.0. The Labute approximate surface area is 205 Å². The monoisotopic (exact) mass is 452 g/mol. The highest BCUT2D eigenvalue weighted by Gasteiger charge is 2.00. The first-order valence-electron chi connectivity index (χ1n) is 15.2. The van der Waals surface area contributed by atoms with Crippen LogP contribution in [0.25, 0.3) is 0 Å². The number of unbranched alkanes of at least 4 members (excludes halogenated alkanes) is 18. The van der Waals surface area contributed by atoms with Crippen LogP contribution in [0.4, 0.5) is 0 Å². The Kier molecular flexibility index (Phi) is 25.5. The Morgan fingerprint density at radius 2 is 0.562 bits per heavy atom. The second-order valence-corrected chi connectivity index (χ2v) is 11.7. The Bertz CT molecular complexity index is 303. The summed E-state index contributed by atoms with van der Waals surface area (Å²) in [5.74, 6) is 1.78. The lowest BCUT2D eigenvalue weighted by Gasteiger charge is -2.16. The summed E-state index contributed by atoms with van der Waals surface area (Å²) in [4.78, 5) is 2.58. The lowest BCUT2D eigenvalue weighted by atomic mass is 10.0. The molecular weight excluding hydrogens is 386 g/mol. The van der Waals surface area contributed by atoms with Gasteiger partial charge in [-0.15, -0.1) is 0 Å². The Morgan fingerprint density at radius 1 is 0.344 bits per heavy atom. The maximum Gasteiger partial charge on any atom is -0.00218 e. The van der Waals surface area contributed by atoms with E-state index in [1.807, 2.05) is 0 Å². The Balaban J connectivity index is 3.16. The molecule has 1 nitrogen and oxygen atoms in total. The van der Waals surface area contributed by atoms with E-state index in [0.29, 0.717) is 0 Å². The van der Waals surface area contributed by atoms with Crippen LogP contribution in [0.2, 0.25) is 0 Å². The van der Waals surface area contributed by atoms with E-state index in [1.165, 1.54) is 154 Å². The second kappa shape index (κ2) is 25.6. The molecule has 0 aromatic rings. The summed E-state index contributed by atoms with van der Waals surface area (Å²) in [7, 11) is 2.33. The molecular formula is C31H65N. The molecule has 0 aromatic carbocycles. The minimum atomic E-state index is 0.892. The summed E-state index contributed by atoms with van der Waals surface area (Å²) in [5.41, 5.74) is 0. The van der Waals surface area contributed by atoms with E-state index in [9.17, 15) is 0 Å². The van der Waals surface area contributed by atoms with Crippen LogP contribution < -0.4 is 0 Å². The third-order valence-electron chi connectivity index (χ3n) is 7.14. The van der Waals surface area contributed by atoms with E-state index >= 15 is 0 Å². The molecule has 0 amide bonds. The average molecular weight is 452 g/mol. The third kappa shape index (κ3) is 28.0. The zero-order chi connectivity index (χ0) is 23.7. The number of rotatable bonds is 26. The third-order valence-corrected chi connectivity index (χ3v) is 7.14. The molecule has 0 bridgehead atoms. The molecule has 0 aliphatic heterocycles. The first-order chi connectivity index (χ1) is 15.5. The molecule has 0 fully saturated rings. The summed E-state index contributed by atoms with van der Waals surface area (Å²) < 4.78 is 0. The lowest BCUT2D eigenvalue weighted by molar-refractivity contribution is 0.314. The fourth-order valence-corrected chi connectivity index (χ4v) is 4.81. The Hall–Kier alpha value is -0.0400. The minimum Gasteiger partial charge on any atom is -0.306 e. The highest BCUT2D eigenvalue weighted by atomic mass is 15.1. The van der Waals surface area contributed by atoms with Gasteiger partial charge < -0.3 is 4.90 Å². The fourth-order valence-electron chi connectivity index (χ4n) is 4.81. The quantitative estimate of drug-likeness (QED) is 0.118. The highest BCUT2D eigenvalue weighted by molar-refractivity contribution is 4.55. The zero-order valence-electron chi connectivity index (χ0n) is 23.6. The van der Waals surface area contributed by atoms with Gasteiger partial charge in [-0.25, -0.2) is 0 Å². The van der Waals surface area contributed by atoms with Gasteiger partial charge in [0.1, 0.15) is 0 Å². The van der Waals surface area contributed by atoms with Gasteiger partial charge in [0, 0.05) is 0 Å². The molecule has 0 radical (unpaired) electrons. The molecule has 0 spiro atoms. The minimum absolute atomic E-state index is 0.892. The molecule has 0 heterocycles. The van der Waals surface area contributed by atoms with Gasteiger partial charge in [0.2, 0.25) is 0 Å². The number of hydrogen-bond acceptors (Lipinski definition) is 1. The molecule has 0 unspecified atom stereocenters. The van der Waals surface area contributed by atoms with Gasteiger partial charge in [0.15, 0.2) is 0 Å². The van der Waals surface area contributed by atoms with Crippen molar-refractivity contribution >= 4 is 0 Å². The van der Waals surface area contributed by atoms with Crippen LogP contribution in [-0.4, -0.2) is 25.0 Å². The molecule has 0 aromatic heterocycles. The maximum atomic E-state index is 2.58. The molecule has 0 saturated carbocycles. The van der Waals surface area contributed by atoms with Crippen LogP contribution in [-0.2, 0) is 0 Å². The van der Waals surface area contributed by atoms with E-state index in [1.54, 1.807) is 0 Å².